The van der Waals surface area contributed by atoms with Crippen LogP contribution in [-0.4, -0.2) is 18.5 Å². The van der Waals surface area contributed by atoms with Crippen molar-refractivity contribution >= 4 is 5.91 Å². The topological polar surface area (TPSA) is 55.1 Å². The second-order valence-electron chi connectivity index (χ2n) is 3.59. The second-order valence-corrected chi connectivity index (χ2v) is 3.59. The molecule has 0 aliphatic heterocycles. The number of hydrogen-bond acceptors (Lipinski definition) is 2. The largest absolute Gasteiger partial charge is 0.355 e. The number of unbranched alkanes of at least 4 members (excludes halogenated alkanes) is 3. The molecule has 3 heteroatoms. The van der Waals surface area contributed by atoms with Crippen molar-refractivity contribution in [2.45, 2.75) is 52.0 Å². The van der Waals surface area contributed by atoms with Crippen molar-refractivity contribution in [1.29, 1.82) is 0 Å². The van der Waals surface area contributed by atoms with Crippen LogP contribution < -0.4 is 11.1 Å². The summed E-state index contributed by atoms with van der Waals surface area (Å²) in [6, 6.07) is 0.0552. The quantitative estimate of drug-likeness (QED) is 0.591. The summed E-state index contributed by atoms with van der Waals surface area (Å²) < 4.78 is 0. The Kier molecular flexibility index (Phi) is 7.69. The van der Waals surface area contributed by atoms with Crippen LogP contribution in [0.2, 0.25) is 0 Å². The van der Waals surface area contributed by atoms with Crippen LogP contribution in [0.1, 0.15) is 46.0 Å². The molecule has 0 radical (unpaired) electrons. The zero-order chi connectivity index (χ0) is 10.1. The van der Waals surface area contributed by atoms with E-state index in [9.17, 15) is 4.79 Å². The average molecular weight is 186 g/mol. The highest BCUT2D eigenvalue weighted by molar-refractivity contribution is 5.75. The van der Waals surface area contributed by atoms with E-state index in [0.29, 0.717) is 13.0 Å². The number of nitrogens with two attached hydrogens (primary N) is 1. The predicted octanol–water partition coefficient (Wildman–Crippen LogP) is 1.42. The molecule has 3 nitrogen and oxygen atoms in total. The Morgan fingerprint density at radius 1 is 1.38 bits per heavy atom. The SMILES string of the molecule is CCCCCCC(=O)NCC(C)N. The zero-order valence-electron chi connectivity index (χ0n) is 8.81. The number of nitrogens with one attached hydrogen (secondary N) is 1. The summed E-state index contributed by atoms with van der Waals surface area (Å²) in [5, 5.41) is 2.80. The Bertz CT molecular complexity index is 135. The van der Waals surface area contributed by atoms with Gasteiger partial charge >= 0.3 is 0 Å². The smallest absolute Gasteiger partial charge is 0.220 e. The van der Waals surface area contributed by atoms with Gasteiger partial charge < -0.3 is 11.1 Å². The number of rotatable bonds is 7. The lowest BCUT2D eigenvalue weighted by Crippen LogP contribution is -2.34. The molecule has 1 amide bonds. The molecule has 0 bridgehead atoms. The lowest BCUT2D eigenvalue weighted by molar-refractivity contribution is -0.121. The minimum Gasteiger partial charge on any atom is -0.355 e. The highest BCUT2D eigenvalue weighted by atomic mass is 16.1. The average Bonchev–Trinajstić information content (AvgIpc) is 2.09. The van der Waals surface area contributed by atoms with Gasteiger partial charge in [-0.3, -0.25) is 4.79 Å². The molecule has 0 saturated heterocycles. The molecular weight excluding hydrogens is 164 g/mol. The van der Waals surface area contributed by atoms with E-state index in [0.717, 1.165) is 12.8 Å². The third kappa shape index (κ3) is 9.34. The molecule has 0 aromatic rings. The normalized spacial score (nSPS) is 12.5. The molecule has 3 N–H and O–H groups in total. The van der Waals surface area contributed by atoms with Crippen molar-refractivity contribution in [3.8, 4) is 0 Å². The van der Waals surface area contributed by atoms with Crippen LogP contribution in [0.4, 0.5) is 0 Å². The fraction of sp³-hybridized carbons (Fsp3) is 0.900. The van der Waals surface area contributed by atoms with E-state index < -0.39 is 0 Å². The van der Waals surface area contributed by atoms with Crippen LogP contribution in [0.15, 0.2) is 0 Å². The van der Waals surface area contributed by atoms with E-state index in [4.69, 9.17) is 5.73 Å². The maximum atomic E-state index is 11.1. The van der Waals surface area contributed by atoms with E-state index in [2.05, 4.69) is 12.2 Å². The van der Waals surface area contributed by atoms with E-state index in [1.165, 1.54) is 12.8 Å². The molecule has 0 aliphatic carbocycles. The van der Waals surface area contributed by atoms with Gasteiger partial charge in [-0.25, -0.2) is 0 Å². The number of carbonyl (C=O) groups is 1. The van der Waals surface area contributed by atoms with Gasteiger partial charge in [-0.05, 0) is 13.3 Å². The van der Waals surface area contributed by atoms with Gasteiger partial charge in [0.1, 0.15) is 0 Å². The Balaban J connectivity index is 3.20. The second kappa shape index (κ2) is 8.05. The van der Waals surface area contributed by atoms with Crippen LogP contribution in [-0.2, 0) is 4.79 Å². The van der Waals surface area contributed by atoms with Crippen molar-refractivity contribution in [2.75, 3.05) is 6.54 Å². The minimum absolute atomic E-state index is 0.0552. The van der Waals surface area contributed by atoms with Crippen molar-refractivity contribution in [1.82, 2.24) is 5.32 Å². The molecule has 0 rings (SSSR count). The van der Waals surface area contributed by atoms with Gasteiger partial charge in [-0.1, -0.05) is 26.2 Å². The van der Waals surface area contributed by atoms with Gasteiger partial charge in [0, 0.05) is 19.0 Å². The third-order valence-corrected chi connectivity index (χ3v) is 1.88. The molecule has 0 heterocycles. The predicted molar refractivity (Wildman–Crippen MR) is 55.4 cm³/mol. The Hall–Kier alpha value is -0.570. The molecule has 0 spiro atoms. The van der Waals surface area contributed by atoms with Crippen LogP contribution in [0.25, 0.3) is 0 Å². The molecule has 0 aromatic heterocycles. The first kappa shape index (κ1) is 12.4. The van der Waals surface area contributed by atoms with Crippen molar-refractivity contribution in [3.63, 3.8) is 0 Å². The Morgan fingerprint density at radius 3 is 2.62 bits per heavy atom. The summed E-state index contributed by atoms with van der Waals surface area (Å²) in [4.78, 5) is 11.1. The van der Waals surface area contributed by atoms with Gasteiger partial charge in [-0.15, -0.1) is 0 Å². The first-order valence-electron chi connectivity index (χ1n) is 5.19. The summed E-state index contributed by atoms with van der Waals surface area (Å²) >= 11 is 0. The highest BCUT2D eigenvalue weighted by Crippen LogP contribution is 2.01. The monoisotopic (exact) mass is 186 g/mol. The van der Waals surface area contributed by atoms with Crippen LogP contribution in [0.3, 0.4) is 0 Å². The van der Waals surface area contributed by atoms with Gasteiger partial charge in [0.05, 0.1) is 0 Å². The lowest BCUT2D eigenvalue weighted by atomic mass is 10.1. The molecule has 0 saturated carbocycles. The van der Waals surface area contributed by atoms with E-state index in [-0.39, 0.29) is 11.9 Å². The molecule has 1 unspecified atom stereocenters. The van der Waals surface area contributed by atoms with E-state index in [1.54, 1.807) is 0 Å². The fourth-order valence-electron chi connectivity index (χ4n) is 1.08. The molecule has 0 aliphatic rings. The lowest BCUT2D eigenvalue weighted by Gasteiger charge is -2.07. The standard InChI is InChI=1S/C10H22N2O/c1-3-4-5-6-7-10(13)12-8-9(2)11/h9H,3-8,11H2,1-2H3,(H,12,13). The summed E-state index contributed by atoms with van der Waals surface area (Å²) in [5.74, 6) is 0.133. The molecule has 0 fully saturated rings. The van der Waals surface area contributed by atoms with Crippen LogP contribution in [0, 0.1) is 0 Å². The van der Waals surface area contributed by atoms with Gasteiger partial charge in [0.25, 0.3) is 0 Å². The Morgan fingerprint density at radius 2 is 2.08 bits per heavy atom. The van der Waals surface area contributed by atoms with Gasteiger partial charge in [-0.2, -0.15) is 0 Å². The van der Waals surface area contributed by atoms with Crippen molar-refractivity contribution in [3.05, 3.63) is 0 Å². The van der Waals surface area contributed by atoms with E-state index >= 15 is 0 Å². The molecule has 78 valence electrons. The van der Waals surface area contributed by atoms with Gasteiger partial charge in [0.15, 0.2) is 0 Å². The maximum Gasteiger partial charge on any atom is 0.220 e. The first-order chi connectivity index (χ1) is 6.16. The van der Waals surface area contributed by atoms with Crippen molar-refractivity contribution < 1.29 is 4.79 Å². The molecule has 13 heavy (non-hydrogen) atoms. The third-order valence-electron chi connectivity index (χ3n) is 1.88. The van der Waals surface area contributed by atoms with Crippen molar-refractivity contribution in [2.24, 2.45) is 5.73 Å². The molecular formula is C10H22N2O. The maximum absolute atomic E-state index is 11.1. The number of amides is 1. The Labute approximate surface area is 81.1 Å². The number of carbonyl (C=O) groups excluding carboxylic acids is 1. The minimum atomic E-state index is 0.0552. The van der Waals surface area contributed by atoms with E-state index in [1.807, 2.05) is 6.92 Å². The van der Waals surface area contributed by atoms with Crippen LogP contribution in [0.5, 0.6) is 0 Å². The summed E-state index contributed by atoms with van der Waals surface area (Å²) in [6.45, 7) is 4.64. The summed E-state index contributed by atoms with van der Waals surface area (Å²) in [6.07, 6.45) is 5.23. The summed E-state index contributed by atoms with van der Waals surface area (Å²) in [5.41, 5.74) is 5.50. The van der Waals surface area contributed by atoms with Crippen LogP contribution >= 0.6 is 0 Å². The number of hydrogen-bond donors (Lipinski definition) is 2. The van der Waals surface area contributed by atoms with Gasteiger partial charge in [0.2, 0.25) is 5.91 Å². The summed E-state index contributed by atoms with van der Waals surface area (Å²) in [7, 11) is 0. The highest BCUT2D eigenvalue weighted by Gasteiger charge is 2.01. The zero-order valence-corrected chi connectivity index (χ0v) is 8.81. The fourth-order valence-corrected chi connectivity index (χ4v) is 1.08. The first-order valence-corrected chi connectivity index (χ1v) is 5.19. The molecule has 0 aromatic carbocycles. The molecule has 1 atom stereocenters.